The predicted octanol–water partition coefficient (Wildman–Crippen LogP) is 6.57. The van der Waals surface area contributed by atoms with Crippen LogP contribution in [0.3, 0.4) is 0 Å². The maximum absolute atomic E-state index is 14.0. The van der Waals surface area contributed by atoms with Crippen molar-refractivity contribution in [1.29, 1.82) is 0 Å². The largest absolute Gasteiger partial charge is 0.377 e. The zero-order valence-electron chi connectivity index (χ0n) is 29.4. The van der Waals surface area contributed by atoms with Gasteiger partial charge in [0.25, 0.3) is 0 Å². The highest BCUT2D eigenvalue weighted by molar-refractivity contribution is 6.29. The fourth-order valence-electron chi connectivity index (χ4n) is 6.09. The molecule has 0 aliphatic carbocycles. The lowest BCUT2D eigenvalue weighted by Crippen LogP contribution is -2.38. The molecular formula is C38H39ClF2N10O. The van der Waals surface area contributed by atoms with Crippen molar-refractivity contribution in [3.05, 3.63) is 118 Å². The molecule has 1 atom stereocenters. The fourth-order valence-corrected chi connectivity index (χ4v) is 6.28. The smallest absolute Gasteiger partial charge is 0.213 e. The average molecular weight is 725 g/mol. The molecule has 5 aromatic rings. The van der Waals surface area contributed by atoms with Crippen LogP contribution in [-0.2, 0) is 25.9 Å². The lowest BCUT2D eigenvalue weighted by atomic mass is 9.98. The van der Waals surface area contributed by atoms with Crippen LogP contribution in [0.25, 0.3) is 23.0 Å². The quantitative estimate of drug-likeness (QED) is 0.0836. The van der Waals surface area contributed by atoms with Gasteiger partial charge >= 0.3 is 0 Å². The molecule has 52 heavy (non-hydrogen) atoms. The van der Waals surface area contributed by atoms with Crippen LogP contribution in [-0.4, -0.2) is 55.0 Å². The Kier molecular flexibility index (Phi) is 11.1. The second-order valence-corrected chi connectivity index (χ2v) is 13.1. The number of nitrogens with zero attached hydrogens (tertiary/aromatic N) is 9. The van der Waals surface area contributed by atoms with E-state index in [0.717, 1.165) is 53.8 Å². The minimum atomic E-state index is -1.49. The van der Waals surface area contributed by atoms with Gasteiger partial charge in [-0.3, -0.25) is 5.43 Å². The second kappa shape index (κ2) is 15.8. The monoisotopic (exact) mass is 724 g/mol. The van der Waals surface area contributed by atoms with Crippen molar-refractivity contribution in [3.63, 3.8) is 0 Å². The highest BCUT2D eigenvalue weighted by Gasteiger charge is 2.26. The Morgan fingerprint density at radius 2 is 1.50 bits per heavy atom. The molecule has 1 unspecified atom stereocenters. The van der Waals surface area contributed by atoms with Gasteiger partial charge in [0, 0.05) is 37.3 Å². The third-order valence-electron chi connectivity index (χ3n) is 8.56. The predicted molar refractivity (Wildman–Crippen MR) is 194 cm³/mol. The topological polar surface area (TPSA) is 123 Å². The van der Waals surface area contributed by atoms with Gasteiger partial charge in [-0.05, 0) is 79.7 Å². The number of halogens is 3. The summed E-state index contributed by atoms with van der Waals surface area (Å²) in [7, 11) is 0. The molecule has 0 radical (unpaired) electrons. The summed E-state index contributed by atoms with van der Waals surface area (Å²) in [5.41, 5.74) is 7.50. The maximum atomic E-state index is 14.0. The Balaban J connectivity index is 1.25. The normalized spacial score (nSPS) is 14.3. The first-order valence-electron chi connectivity index (χ1n) is 17.1. The summed E-state index contributed by atoms with van der Waals surface area (Å²) >= 11 is 6.68. The van der Waals surface area contributed by atoms with Gasteiger partial charge in [0.2, 0.25) is 11.9 Å². The van der Waals surface area contributed by atoms with Crippen LogP contribution in [0.5, 0.6) is 0 Å². The molecule has 0 saturated carbocycles. The number of rotatable bonds is 12. The van der Waals surface area contributed by atoms with Gasteiger partial charge in [-0.2, -0.15) is 19.0 Å². The maximum Gasteiger partial charge on any atom is 0.213 e. The third kappa shape index (κ3) is 8.36. The van der Waals surface area contributed by atoms with E-state index in [2.05, 4.69) is 61.4 Å². The van der Waals surface area contributed by atoms with E-state index in [1.807, 2.05) is 22.1 Å². The number of pyridine rings is 2. The summed E-state index contributed by atoms with van der Waals surface area (Å²) in [6.45, 7) is 8.44. The van der Waals surface area contributed by atoms with Gasteiger partial charge < -0.3 is 14.2 Å². The van der Waals surface area contributed by atoms with Gasteiger partial charge in [0.05, 0.1) is 30.2 Å². The van der Waals surface area contributed by atoms with Crippen LogP contribution in [0, 0.1) is 23.9 Å². The molecule has 2 N–H and O–H groups in total. The standard InChI is InChI=1S/C38H39ClF2N10O/c1-5-9-26-21-27(46-47-31(26)23-49-19-16-42-36(49)29-11-7-13-33(40)44-29)22-38(4,52)15-18-51-32(28(10-6-2)25(3)35(39)48-51)24-50-20-17-43-37(50)30-12-8-14-34(41)45-30/h7-8,11-14,16-17,19-21,48,52H,5-6,9-10,22-24H2,1-4H3. The first-order valence-corrected chi connectivity index (χ1v) is 17.5. The van der Waals surface area contributed by atoms with E-state index < -0.39 is 17.5 Å². The van der Waals surface area contributed by atoms with Gasteiger partial charge in [-0.15, -0.1) is 0 Å². The summed E-state index contributed by atoms with van der Waals surface area (Å²) in [6, 6.07) is 14.2. The molecule has 1 aliphatic heterocycles. The summed E-state index contributed by atoms with van der Waals surface area (Å²) in [6.07, 6.45) is 10.2. The lowest BCUT2D eigenvalue weighted by Gasteiger charge is -2.32. The molecule has 0 spiro atoms. The van der Waals surface area contributed by atoms with Gasteiger partial charge in [0.1, 0.15) is 22.1 Å². The van der Waals surface area contributed by atoms with Crippen molar-refractivity contribution in [2.75, 3.05) is 0 Å². The van der Waals surface area contributed by atoms with Crippen molar-refractivity contribution in [2.24, 2.45) is 0 Å². The Hall–Kier alpha value is -5.45. The molecule has 14 heteroatoms. The molecule has 6 heterocycles. The van der Waals surface area contributed by atoms with Gasteiger partial charge in [0.15, 0.2) is 11.6 Å². The Morgan fingerprint density at radius 3 is 2.10 bits per heavy atom. The summed E-state index contributed by atoms with van der Waals surface area (Å²) in [5.74, 6) is 2.87. The number of aryl methyl sites for hydroxylation is 1. The number of hydrogen-bond donors (Lipinski definition) is 2. The number of imidazole rings is 2. The van der Waals surface area contributed by atoms with Crippen LogP contribution in [0.4, 0.5) is 8.78 Å². The highest BCUT2D eigenvalue weighted by atomic mass is 35.5. The molecule has 5 aromatic heterocycles. The molecule has 1 aliphatic rings. The molecule has 268 valence electrons. The molecule has 0 bridgehead atoms. The minimum Gasteiger partial charge on any atom is -0.377 e. The Bertz CT molecular complexity index is 2200. The summed E-state index contributed by atoms with van der Waals surface area (Å²) in [4.78, 5) is 16.8. The van der Waals surface area contributed by atoms with Crippen LogP contribution in [0.1, 0.15) is 63.9 Å². The van der Waals surface area contributed by atoms with Crippen molar-refractivity contribution < 1.29 is 13.9 Å². The van der Waals surface area contributed by atoms with Crippen molar-refractivity contribution >= 4 is 11.6 Å². The Morgan fingerprint density at radius 1 is 0.885 bits per heavy atom. The van der Waals surface area contributed by atoms with Crippen LogP contribution >= 0.6 is 11.6 Å². The van der Waals surface area contributed by atoms with E-state index in [9.17, 15) is 13.9 Å². The fraction of sp³-hybridized carbons (Fsp3) is 0.316. The zero-order valence-corrected chi connectivity index (χ0v) is 30.2. The number of hydrazine groups is 1. The first kappa shape index (κ1) is 36.3. The van der Waals surface area contributed by atoms with E-state index in [4.69, 9.17) is 11.6 Å². The Labute approximate surface area is 306 Å². The van der Waals surface area contributed by atoms with E-state index in [0.29, 0.717) is 47.0 Å². The van der Waals surface area contributed by atoms with Crippen LogP contribution in [0.2, 0.25) is 0 Å². The van der Waals surface area contributed by atoms with Gasteiger partial charge in [-0.25, -0.2) is 24.9 Å². The van der Waals surface area contributed by atoms with Crippen LogP contribution < -0.4 is 5.43 Å². The van der Waals surface area contributed by atoms with E-state index in [-0.39, 0.29) is 6.42 Å². The molecule has 11 nitrogen and oxygen atoms in total. The van der Waals surface area contributed by atoms with E-state index in [1.54, 1.807) is 61.0 Å². The number of aliphatic hydroxyl groups is 1. The van der Waals surface area contributed by atoms with Crippen molar-refractivity contribution in [2.45, 2.75) is 78.5 Å². The number of hydrogen-bond acceptors (Lipinski definition) is 9. The third-order valence-corrected chi connectivity index (χ3v) is 8.93. The number of aromatic nitrogens is 8. The highest BCUT2D eigenvalue weighted by Crippen LogP contribution is 2.31. The molecular weight excluding hydrogens is 686 g/mol. The minimum absolute atomic E-state index is 0.113. The summed E-state index contributed by atoms with van der Waals surface area (Å²) in [5, 5.41) is 22.6. The lowest BCUT2D eigenvalue weighted by molar-refractivity contribution is 0.120. The number of nitrogens with one attached hydrogen (secondary N) is 1. The van der Waals surface area contributed by atoms with Crippen LogP contribution in [0.15, 0.2) is 89.3 Å². The molecule has 0 amide bonds. The van der Waals surface area contributed by atoms with Crippen molar-refractivity contribution in [3.8, 4) is 35.0 Å². The second-order valence-electron chi connectivity index (χ2n) is 12.8. The number of allylic oxidation sites excluding steroid dienone is 3. The first-order chi connectivity index (χ1) is 25.0. The van der Waals surface area contributed by atoms with Crippen molar-refractivity contribution in [1.82, 2.24) is 49.7 Å². The SMILES string of the molecule is CCCC1=C(Cn2ccnc2-c2cccc(F)n2)N(C#CC(C)(O)Cc2cc(CCC)c(Cn3ccnc3-c3cccc(F)n3)nn2)NC(Cl)=C1C. The molecule has 6 rings (SSSR count). The molecule has 0 fully saturated rings. The molecule has 0 saturated heterocycles. The summed E-state index contributed by atoms with van der Waals surface area (Å²) < 4.78 is 31.6. The van der Waals surface area contributed by atoms with E-state index in [1.165, 1.54) is 12.1 Å². The van der Waals surface area contributed by atoms with Gasteiger partial charge in [-0.1, -0.05) is 50.4 Å². The molecule has 0 aromatic carbocycles. The van der Waals surface area contributed by atoms with E-state index >= 15 is 0 Å². The zero-order chi connectivity index (χ0) is 36.8. The average Bonchev–Trinajstić information content (AvgIpc) is 3.78.